The van der Waals surface area contributed by atoms with Crippen molar-refractivity contribution in [1.82, 2.24) is 9.88 Å². The number of methoxy groups -OCH3 is 1. The normalized spacial score (nSPS) is 25.5. The molecule has 3 heterocycles. The molecule has 3 unspecified atom stereocenters. The monoisotopic (exact) mass is 403 g/mol. The van der Waals surface area contributed by atoms with Gasteiger partial charge in [0.05, 0.1) is 23.3 Å². The van der Waals surface area contributed by atoms with Crippen LogP contribution in [0.3, 0.4) is 0 Å². The SMILES string of the molecule is COc1ccc(C2C(c3ccccn3)N=C3SC(C)CN32)cc1Br. The zero-order valence-electron chi connectivity index (χ0n) is 13.5. The lowest BCUT2D eigenvalue weighted by Gasteiger charge is -2.27. The first-order valence-electron chi connectivity index (χ1n) is 7.93. The van der Waals surface area contributed by atoms with Crippen LogP contribution in [0.25, 0.3) is 0 Å². The van der Waals surface area contributed by atoms with Gasteiger partial charge in [0.1, 0.15) is 11.8 Å². The zero-order valence-corrected chi connectivity index (χ0v) is 15.9. The van der Waals surface area contributed by atoms with Gasteiger partial charge in [-0.15, -0.1) is 0 Å². The minimum atomic E-state index is 0.0292. The smallest absolute Gasteiger partial charge is 0.160 e. The van der Waals surface area contributed by atoms with Gasteiger partial charge in [0.15, 0.2) is 5.17 Å². The van der Waals surface area contributed by atoms with Crippen molar-refractivity contribution in [2.24, 2.45) is 4.99 Å². The molecule has 1 aromatic heterocycles. The van der Waals surface area contributed by atoms with Gasteiger partial charge in [-0.1, -0.05) is 30.8 Å². The molecule has 24 heavy (non-hydrogen) atoms. The first kappa shape index (κ1) is 16.0. The minimum absolute atomic E-state index is 0.0292. The number of benzene rings is 1. The van der Waals surface area contributed by atoms with Gasteiger partial charge in [0.25, 0.3) is 0 Å². The average molecular weight is 404 g/mol. The number of amidine groups is 1. The summed E-state index contributed by atoms with van der Waals surface area (Å²) in [5.41, 5.74) is 2.25. The van der Waals surface area contributed by atoms with E-state index in [4.69, 9.17) is 9.73 Å². The Balaban J connectivity index is 1.77. The second-order valence-electron chi connectivity index (χ2n) is 6.03. The summed E-state index contributed by atoms with van der Waals surface area (Å²) in [6.45, 7) is 3.27. The van der Waals surface area contributed by atoms with E-state index in [0.717, 1.165) is 27.6 Å². The Labute approximate surface area is 154 Å². The number of aliphatic imine (C=N–C) groups is 1. The van der Waals surface area contributed by atoms with Gasteiger partial charge < -0.3 is 9.64 Å². The fourth-order valence-electron chi connectivity index (χ4n) is 3.34. The highest BCUT2D eigenvalue weighted by Crippen LogP contribution is 2.48. The number of aromatic nitrogens is 1. The van der Waals surface area contributed by atoms with Crippen molar-refractivity contribution < 1.29 is 4.74 Å². The van der Waals surface area contributed by atoms with Gasteiger partial charge in [0, 0.05) is 18.0 Å². The molecule has 4 rings (SSSR count). The quantitative estimate of drug-likeness (QED) is 0.758. The van der Waals surface area contributed by atoms with E-state index >= 15 is 0 Å². The van der Waals surface area contributed by atoms with E-state index in [-0.39, 0.29) is 12.1 Å². The van der Waals surface area contributed by atoms with E-state index in [1.165, 1.54) is 5.56 Å². The van der Waals surface area contributed by atoms with Gasteiger partial charge in [-0.2, -0.15) is 0 Å². The number of hydrogen-bond acceptors (Lipinski definition) is 5. The Morgan fingerprint density at radius 1 is 1.29 bits per heavy atom. The predicted octanol–water partition coefficient (Wildman–Crippen LogP) is 4.44. The highest BCUT2D eigenvalue weighted by Gasteiger charge is 2.43. The molecule has 0 aliphatic carbocycles. The Bertz CT molecular complexity index is 783. The number of rotatable bonds is 3. The molecule has 4 nitrogen and oxygen atoms in total. The van der Waals surface area contributed by atoms with E-state index in [0.29, 0.717) is 5.25 Å². The molecule has 2 aliphatic rings. The molecule has 0 N–H and O–H groups in total. The predicted molar refractivity (Wildman–Crippen MR) is 102 cm³/mol. The number of thioether (sulfide) groups is 1. The van der Waals surface area contributed by atoms with Crippen molar-refractivity contribution in [1.29, 1.82) is 0 Å². The van der Waals surface area contributed by atoms with Crippen LogP contribution in [-0.2, 0) is 0 Å². The van der Waals surface area contributed by atoms with E-state index in [1.54, 1.807) is 7.11 Å². The molecule has 124 valence electrons. The van der Waals surface area contributed by atoms with Crippen molar-refractivity contribution in [3.63, 3.8) is 0 Å². The Kier molecular flexibility index (Phi) is 4.26. The van der Waals surface area contributed by atoms with Crippen LogP contribution in [0, 0.1) is 0 Å². The molecule has 0 radical (unpaired) electrons. The summed E-state index contributed by atoms with van der Waals surface area (Å²) in [7, 11) is 1.69. The number of fused-ring (bicyclic) bond motifs is 1. The van der Waals surface area contributed by atoms with E-state index in [2.05, 4.69) is 50.9 Å². The van der Waals surface area contributed by atoms with Gasteiger partial charge in [-0.3, -0.25) is 9.98 Å². The number of halogens is 1. The van der Waals surface area contributed by atoms with Crippen molar-refractivity contribution >= 4 is 32.9 Å². The fourth-order valence-corrected chi connectivity index (χ4v) is 5.00. The minimum Gasteiger partial charge on any atom is -0.496 e. The van der Waals surface area contributed by atoms with Crippen LogP contribution in [0.2, 0.25) is 0 Å². The van der Waals surface area contributed by atoms with Gasteiger partial charge >= 0.3 is 0 Å². The maximum Gasteiger partial charge on any atom is 0.160 e. The molecule has 6 heteroatoms. The lowest BCUT2D eigenvalue weighted by atomic mass is 9.96. The molecule has 2 aromatic rings. The van der Waals surface area contributed by atoms with Crippen LogP contribution in [0.1, 0.15) is 30.3 Å². The van der Waals surface area contributed by atoms with Gasteiger partial charge in [-0.25, -0.2) is 0 Å². The Morgan fingerprint density at radius 3 is 2.88 bits per heavy atom. The lowest BCUT2D eigenvalue weighted by molar-refractivity contribution is 0.320. The van der Waals surface area contributed by atoms with Crippen LogP contribution < -0.4 is 4.74 Å². The third-order valence-electron chi connectivity index (χ3n) is 4.40. The molecule has 3 atom stereocenters. The summed E-state index contributed by atoms with van der Waals surface area (Å²) in [4.78, 5) is 12.0. The van der Waals surface area contributed by atoms with Crippen molar-refractivity contribution in [2.75, 3.05) is 13.7 Å². The van der Waals surface area contributed by atoms with Gasteiger partial charge in [0.2, 0.25) is 0 Å². The molecule has 1 fully saturated rings. The van der Waals surface area contributed by atoms with E-state index in [9.17, 15) is 0 Å². The molecular weight excluding hydrogens is 386 g/mol. The summed E-state index contributed by atoms with van der Waals surface area (Å²) in [5, 5.41) is 1.70. The summed E-state index contributed by atoms with van der Waals surface area (Å²) >= 11 is 5.47. The largest absolute Gasteiger partial charge is 0.496 e. The molecule has 1 aromatic carbocycles. The van der Waals surface area contributed by atoms with Crippen molar-refractivity contribution in [3.05, 3.63) is 58.3 Å². The first-order chi connectivity index (χ1) is 11.7. The third-order valence-corrected chi connectivity index (χ3v) is 6.12. The molecule has 0 amide bonds. The zero-order chi connectivity index (χ0) is 16.7. The Morgan fingerprint density at radius 2 is 2.17 bits per heavy atom. The molecule has 0 spiro atoms. The highest BCUT2D eigenvalue weighted by atomic mass is 79.9. The molecule has 0 bridgehead atoms. The fraction of sp³-hybridized carbons (Fsp3) is 0.333. The maximum absolute atomic E-state index is 5.37. The van der Waals surface area contributed by atoms with Crippen LogP contribution in [0.15, 0.2) is 52.1 Å². The van der Waals surface area contributed by atoms with Crippen LogP contribution in [0.4, 0.5) is 0 Å². The standard InChI is InChI=1S/C18H18BrN3OS/c1-11-10-22-17(12-6-7-15(23-2)13(19)9-12)16(21-18(22)24-11)14-5-3-4-8-20-14/h3-9,11,16-17H,10H2,1-2H3. The van der Waals surface area contributed by atoms with Crippen LogP contribution >= 0.6 is 27.7 Å². The maximum atomic E-state index is 5.37. The second kappa shape index (κ2) is 6.41. The Hall–Kier alpha value is -1.53. The summed E-state index contributed by atoms with van der Waals surface area (Å²) < 4.78 is 6.34. The molecule has 1 saturated heterocycles. The lowest BCUT2D eigenvalue weighted by Crippen LogP contribution is -2.28. The van der Waals surface area contributed by atoms with E-state index in [1.807, 2.05) is 36.2 Å². The van der Waals surface area contributed by atoms with Crippen LogP contribution in [-0.4, -0.2) is 34.0 Å². The number of ether oxygens (including phenoxy) is 1. The first-order valence-corrected chi connectivity index (χ1v) is 9.60. The topological polar surface area (TPSA) is 37.7 Å². The summed E-state index contributed by atoms with van der Waals surface area (Å²) in [6.07, 6.45) is 1.84. The second-order valence-corrected chi connectivity index (χ2v) is 8.29. The van der Waals surface area contributed by atoms with Crippen molar-refractivity contribution in [2.45, 2.75) is 24.3 Å². The average Bonchev–Trinajstić information content (AvgIpc) is 3.11. The third kappa shape index (κ3) is 2.71. The molecule has 2 aliphatic heterocycles. The number of pyridine rings is 1. The summed E-state index contributed by atoms with van der Waals surface area (Å²) in [6, 6.07) is 12.5. The van der Waals surface area contributed by atoms with Crippen molar-refractivity contribution in [3.8, 4) is 5.75 Å². The highest BCUT2D eigenvalue weighted by molar-refractivity contribution is 9.10. The number of nitrogens with zero attached hydrogens (tertiary/aromatic N) is 3. The van der Waals surface area contributed by atoms with Gasteiger partial charge in [-0.05, 0) is 45.8 Å². The molecular formula is C18H18BrN3OS. The summed E-state index contributed by atoms with van der Waals surface area (Å²) in [5.74, 6) is 0.844. The molecule has 0 saturated carbocycles. The number of hydrogen-bond donors (Lipinski definition) is 0. The van der Waals surface area contributed by atoms with E-state index < -0.39 is 0 Å². The van der Waals surface area contributed by atoms with Crippen LogP contribution in [0.5, 0.6) is 5.75 Å².